The van der Waals surface area contributed by atoms with Crippen LogP contribution in [0.25, 0.3) is 0 Å². The molecule has 12 heteroatoms. The lowest BCUT2D eigenvalue weighted by molar-refractivity contribution is -0.298. The van der Waals surface area contributed by atoms with E-state index in [0.717, 1.165) is 0 Å². The minimum absolute atomic E-state index is 0.0594. The number of rotatable bonds is 2. The number of hydrogen-bond acceptors (Lipinski definition) is 12. The minimum Gasteiger partial charge on any atom is -0.456 e. The molecule has 224 valence electrons. The van der Waals surface area contributed by atoms with Crippen molar-refractivity contribution in [2.24, 2.45) is 29.1 Å². The maximum atomic E-state index is 14.3. The van der Waals surface area contributed by atoms with E-state index in [2.05, 4.69) is 0 Å². The lowest BCUT2D eigenvalue weighted by Crippen LogP contribution is -2.58. The molecule has 0 radical (unpaired) electrons. The van der Waals surface area contributed by atoms with Crippen LogP contribution in [0.2, 0.25) is 0 Å². The van der Waals surface area contributed by atoms with Crippen LogP contribution < -0.4 is 0 Å². The van der Waals surface area contributed by atoms with Gasteiger partial charge in [-0.05, 0) is 46.6 Å². The Balaban J connectivity index is 1.38. The van der Waals surface area contributed by atoms with Gasteiger partial charge in [-0.1, -0.05) is 0 Å². The first-order chi connectivity index (χ1) is 19.0. The van der Waals surface area contributed by atoms with Crippen LogP contribution in [-0.4, -0.2) is 97.0 Å². The second-order valence-corrected chi connectivity index (χ2v) is 14.0. The molecule has 0 amide bonds. The molecule has 41 heavy (non-hydrogen) atoms. The van der Waals surface area contributed by atoms with Crippen LogP contribution in [0.15, 0.2) is 11.6 Å². The molecule has 2 aliphatic carbocycles. The van der Waals surface area contributed by atoms with Gasteiger partial charge in [0.25, 0.3) is 0 Å². The van der Waals surface area contributed by atoms with Crippen molar-refractivity contribution in [2.45, 2.75) is 106 Å². The normalized spacial score (nSPS) is 57.3. The number of carbonyl (C=O) groups excluding carboxylic acids is 4. The molecule has 4 N–H and O–H groups in total. The molecular weight excluding hydrogens is 540 g/mol. The SMILES string of the molecule is CC1=C[C@@H]([C@@H]2[C@H]3[C@](C)(C(=O)C[C@]45C[C@]67OC(=O)C[C@H]6O[C@@](C)(CO)[C@@H]7CC[C@@H]4[C@@H](O)[C@@]3(O)O5)C(=O)[C@]2(C)O)OC1=O. The highest BCUT2D eigenvalue weighted by molar-refractivity contribution is 6.13. The highest BCUT2D eigenvalue weighted by atomic mass is 16.7. The van der Waals surface area contributed by atoms with Crippen LogP contribution in [-0.2, 0) is 38.1 Å². The molecule has 0 aromatic heterocycles. The van der Waals surface area contributed by atoms with E-state index in [1.807, 2.05) is 0 Å². The molecule has 0 unspecified atom stereocenters. The van der Waals surface area contributed by atoms with E-state index in [1.54, 1.807) is 6.92 Å². The first-order valence-electron chi connectivity index (χ1n) is 14.3. The predicted octanol–water partition coefficient (Wildman–Crippen LogP) is -0.526. The van der Waals surface area contributed by atoms with Gasteiger partial charge in [-0.15, -0.1) is 0 Å². The molecule has 0 aromatic rings. The Morgan fingerprint density at radius 2 is 1.78 bits per heavy atom. The Bertz CT molecular complexity index is 1320. The Labute approximate surface area is 236 Å². The van der Waals surface area contributed by atoms with Crippen LogP contribution in [0, 0.1) is 29.1 Å². The Morgan fingerprint density at radius 1 is 1.07 bits per heavy atom. The van der Waals surface area contributed by atoms with Crippen LogP contribution >= 0.6 is 0 Å². The molecule has 0 aromatic carbocycles. The largest absolute Gasteiger partial charge is 0.456 e. The molecule has 12 nitrogen and oxygen atoms in total. The average molecular weight is 577 g/mol. The van der Waals surface area contributed by atoms with Crippen molar-refractivity contribution in [1.29, 1.82) is 0 Å². The molecule has 2 spiro atoms. The fraction of sp³-hybridized carbons (Fsp3) is 0.793. The number of fused-ring (bicyclic) bond motifs is 3. The van der Waals surface area contributed by atoms with Crippen molar-refractivity contribution < 1.29 is 58.6 Å². The van der Waals surface area contributed by atoms with Crippen molar-refractivity contribution >= 4 is 23.5 Å². The van der Waals surface area contributed by atoms with Crippen LogP contribution in [0.5, 0.6) is 0 Å². The van der Waals surface area contributed by atoms with Gasteiger partial charge < -0.3 is 39.4 Å². The third-order valence-corrected chi connectivity index (χ3v) is 11.8. The Kier molecular flexibility index (Phi) is 5.27. The summed E-state index contributed by atoms with van der Waals surface area (Å²) in [7, 11) is 0. The van der Waals surface area contributed by atoms with E-state index in [9.17, 15) is 39.6 Å². The summed E-state index contributed by atoms with van der Waals surface area (Å²) in [6, 6.07) is 0. The topological polar surface area (TPSA) is 186 Å². The van der Waals surface area contributed by atoms with Gasteiger partial charge >= 0.3 is 11.9 Å². The highest BCUT2D eigenvalue weighted by Crippen LogP contribution is 2.69. The molecule has 13 atom stereocenters. The van der Waals surface area contributed by atoms with E-state index in [-0.39, 0.29) is 31.4 Å². The van der Waals surface area contributed by atoms with Gasteiger partial charge in [0.2, 0.25) is 0 Å². The van der Waals surface area contributed by atoms with Crippen molar-refractivity contribution in [1.82, 2.24) is 0 Å². The zero-order valence-corrected chi connectivity index (χ0v) is 23.4. The summed E-state index contributed by atoms with van der Waals surface area (Å²) in [5, 5.41) is 46.2. The van der Waals surface area contributed by atoms with Crippen LogP contribution in [0.4, 0.5) is 0 Å². The molecule has 2 saturated carbocycles. The molecule has 2 bridgehead atoms. The smallest absolute Gasteiger partial charge is 0.334 e. The Morgan fingerprint density at radius 3 is 2.41 bits per heavy atom. The molecule has 7 aliphatic rings. The summed E-state index contributed by atoms with van der Waals surface area (Å²) in [6.45, 7) is 5.51. The number of aliphatic hydroxyl groups is 4. The third-order valence-electron chi connectivity index (χ3n) is 11.8. The second kappa shape index (κ2) is 7.83. The average Bonchev–Trinajstić information content (AvgIpc) is 3.50. The van der Waals surface area contributed by atoms with Crippen LogP contribution in [0.3, 0.4) is 0 Å². The van der Waals surface area contributed by atoms with E-state index in [1.165, 1.54) is 26.8 Å². The number of aliphatic hydroxyl groups excluding tert-OH is 2. The molecule has 5 aliphatic heterocycles. The first-order valence-corrected chi connectivity index (χ1v) is 14.3. The number of Topliss-reactive ketones (excluding diaryl/α,β-unsaturated/α-hetero) is 2. The maximum Gasteiger partial charge on any atom is 0.334 e. The summed E-state index contributed by atoms with van der Waals surface area (Å²) in [5.74, 6) is -9.15. The monoisotopic (exact) mass is 576 g/mol. The number of esters is 2. The first kappa shape index (κ1) is 27.6. The van der Waals surface area contributed by atoms with Gasteiger partial charge in [0.15, 0.2) is 11.6 Å². The maximum absolute atomic E-state index is 14.3. The van der Waals surface area contributed by atoms with Crippen molar-refractivity contribution in [3.8, 4) is 0 Å². The number of cyclic esters (lactones) is 1. The number of ketones is 2. The summed E-state index contributed by atoms with van der Waals surface area (Å²) >= 11 is 0. The summed E-state index contributed by atoms with van der Waals surface area (Å²) in [5.41, 5.74) is -7.82. The van der Waals surface area contributed by atoms with E-state index < -0.39 is 106 Å². The fourth-order valence-corrected chi connectivity index (χ4v) is 10.1. The summed E-state index contributed by atoms with van der Waals surface area (Å²) < 4.78 is 24.2. The standard InChI is InChI=1S/C29H36O12/c1-12-7-14(38-22(12)34)19-20-25(3,23(35)26(19,4)36)16(31)9-27-10-28-15(6-5-13(27)21(33)29(20,37)41-27)24(2,11-30)39-17(28)8-18(32)40-28/h7,13-15,17,19-21,30,33,36-37H,5-6,8-11H2,1-4H3/t13-,14+,15+,17-,19-,20+,21-,24+,25+,26-,27+,28-,29+/m1/s1. The van der Waals surface area contributed by atoms with Crippen molar-refractivity contribution in [3.63, 3.8) is 0 Å². The Hall–Kier alpha value is -2.22. The van der Waals surface area contributed by atoms with Gasteiger partial charge in [-0.2, -0.15) is 0 Å². The third kappa shape index (κ3) is 3.01. The summed E-state index contributed by atoms with van der Waals surface area (Å²) in [6.07, 6.45) is -2.02. The van der Waals surface area contributed by atoms with Gasteiger partial charge in [0.05, 0.1) is 29.6 Å². The second-order valence-electron chi connectivity index (χ2n) is 14.0. The predicted molar refractivity (Wildman–Crippen MR) is 133 cm³/mol. The fourth-order valence-electron chi connectivity index (χ4n) is 10.1. The van der Waals surface area contributed by atoms with Gasteiger partial charge in [-0.25, -0.2) is 4.79 Å². The van der Waals surface area contributed by atoms with Gasteiger partial charge in [-0.3, -0.25) is 14.4 Å². The molecular formula is C29H36O12. The molecule has 6 fully saturated rings. The van der Waals surface area contributed by atoms with E-state index in [4.69, 9.17) is 18.9 Å². The highest BCUT2D eigenvalue weighted by Gasteiger charge is 2.83. The molecule has 4 saturated heterocycles. The molecule has 5 heterocycles. The minimum atomic E-state index is -2.50. The van der Waals surface area contributed by atoms with E-state index >= 15 is 0 Å². The lowest BCUT2D eigenvalue weighted by Gasteiger charge is -2.43. The van der Waals surface area contributed by atoms with Crippen molar-refractivity contribution in [2.75, 3.05) is 6.61 Å². The number of carbonyl (C=O) groups is 4. The lowest BCUT2D eigenvalue weighted by atomic mass is 9.61. The zero-order chi connectivity index (χ0) is 29.7. The van der Waals surface area contributed by atoms with Crippen LogP contribution in [0.1, 0.15) is 59.8 Å². The number of hydrogen-bond donors (Lipinski definition) is 4. The van der Waals surface area contributed by atoms with Gasteiger partial charge in [0.1, 0.15) is 35.3 Å². The van der Waals surface area contributed by atoms with Crippen molar-refractivity contribution in [3.05, 3.63) is 11.6 Å². The van der Waals surface area contributed by atoms with E-state index in [0.29, 0.717) is 6.42 Å². The zero-order valence-electron chi connectivity index (χ0n) is 23.4. The number of ether oxygens (including phenoxy) is 4. The quantitative estimate of drug-likeness (QED) is 0.244. The van der Waals surface area contributed by atoms with Gasteiger partial charge in [0, 0.05) is 42.1 Å². The summed E-state index contributed by atoms with van der Waals surface area (Å²) in [4.78, 5) is 53.2. The molecule has 7 rings (SSSR count).